The fraction of sp³-hybridized carbons (Fsp3) is 0.500. The van der Waals surface area contributed by atoms with Crippen LogP contribution in [0.1, 0.15) is 18.4 Å². The monoisotopic (exact) mass is 357 g/mol. The second kappa shape index (κ2) is 10.6. The van der Waals surface area contributed by atoms with E-state index in [1.165, 1.54) is 16.3 Å². The summed E-state index contributed by atoms with van der Waals surface area (Å²) in [5.41, 5.74) is 1.05. The molecular formula is C16H23NO4S2. The summed E-state index contributed by atoms with van der Waals surface area (Å²) in [5.74, 6) is -1.27. The largest absolute Gasteiger partial charge is 0.480 e. The molecule has 0 spiro atoms. The first-order valence-electron chi connectivity index (χ1n) is 7.32. The minimum absolute atomic E-state index is 0.378. The maximum Gasteiger partial charge on any atom is 0.321 e. The first kappa shape index (κ1) is 19.9. The number of nitrogens with zero attached hydrogens (tertiary/aromatic N) is 1. The molecule has 7 heteroatoms. The third-order valence-corrected chi connectivity index (χ3v) is 5.11. The highest BCUT2D eigenvalue weighted by atomic mass is 32.2. The summed E-state index contributed by atoms with van der Waals surface area (Å²) >= 11 is 2.75. The molecule has 0 radical (unpaired) electrons. The van der Waals surface area contributed by atoms with Crippen LogP contribution in [0.5, 0.6) is 0 Å². The second-order valence-electron chi connectivity index (χ2n) is 5.06. The molecule has 2 unspecified atom stereocenters. The van der Waals surface area contributed by atoms with E-state index in [1.54, 1.807) is 18.0 Å². The Bertz CT molecular complexity index is 498. The van der Waals surface area contributed by atoms with Gasteiger partial charge in [-0.1, -0.05) is 42.3 Å². The molecule has 0 saturated carbocycles. The number of aliphatic carboxylic acids is 2. The SMILES string of the molecule is CSCCC(C(=O)O)N(SC)C(CCc1ccccc1)C(=O)O. The Hall–Kier alpha value is -1.18. The van der Waals surface area contributed by atoms with Crippen molar-refractivity contribution in [3.63, 3.8) is 0 Å². The van der Waals surface area contributed by atoms with E-state index >= 15 is 0 Å². The first-order chi connectivity index (χ1) is 11.0. The molecule has 2 atom stereocenters. The van der Waals surface area contributed by atoms with Crippen LogP contribution in [0.3, 0.4) is 0 Å². The molecule has 0 aliphatic heterocycles. The molecule has 0 bridgehead atoms. The minimum Gasteiger partial charge on any atom is -0.480 e. The molecule has 5 nitrogen and oxygen atoms in total. The number of benzene rings is 1. The standard InChI is InChI=1S/C16H23NO4S2/c1-22-11-10-14(16(20)21)17(23-2)13(15(18)19)9-8-12-6-4-3-5-7-12/h3-7,13-14H,8-11H2,1-2H3,(H,18,19)(H,20,21). The van der Waals surface area contributed by atoms with Crippen molar-refractivity contribution in [3.8, 4) is 0 Å². The van der Waals surface area contributed by atoms with Crippen LogP contribution in [0.25, 0.3) is 0 Å². The van der Waals surface area contributed by atoms with Gasteiger partial charge in [-0.25, -0.2) is 4.31 Å². The molecule has 0 amide bonds. The lowest BCUT2D eigenvalue weighted by atomic mass is 10.0. The predicted molar refractivity (Wildman–Crippen MR) is 96.0 cm³/mol. The van der Waals surface area contributed by atoms with Gasteiger partial charge in [-0.15, -0.1) is 0 Å². The predicted octanol–water partition coefficient (Wildman–Crippen LogP) is 2.86. The van der Waals surface area contributed by atoms with Gasteiger partial charge in [0.15, 0.2) is 0 Å². The Kier molecular flexibility index (Phi) is 9.13. The zero-order valence-corrected chi connectivity index (χ0v) is 15.0. The van der Waals surface area contributed by atoms with Crippen LogP contribution < -0.4 is 0 Å². The Morgan fingerprint density at radius 2 is 1.61 bits per heavy atom. The number of hydrogen-bond donors (Lipinski definition) is 2. The molecule has 1 aromatic carbocycles. The van der Waals surface area contributed by atoms with Crippen molar-refractivity contribution in [2.24, 2.45) is 0 Å². The number of carboxylic acids is 2. The van der Waals surface area contributed by atoms with Crippen LogP contribution in [0.15, 0.2) is 30.3 Å². The Morgan fingerprint density at radius 1 is 1.04 bits per heavy atom. The molecular weight excluding hydrogens is 334 g/mol. The van der Waals surface area contributed by atoms with E-state index in [9.17, 15) is 19.8 Å². The van der Waals surface area contributed by atoms with Gasteiger partial charge >= 0.3 is 11.9 Å². The van der Waals surface area contributed by atoms with Gasteiger partial charge in [0, 0.05) is 0 Å². The number of thioether (sulfide) groups is 1. The number of hydrogen-bond acceptors (Lipinski definition) is 5. The van der Waals surface area contributed by atoms with Crippen molar-refractivity contribution < 1.29 is 19.8 Å². The molecule has 0 aliphatic rings. The lowest BCUT2D eigenvalue weighted by Gasteiger charge is -2.31. The molecule has 0 aromatic heterocycles. The van der Waals surface area contributed by atoms with Crippen LogP contribution >= 0.6 is 23.7 Å². The minimum atomic E-state index is -0.981. The number of rotatable bonds is 11. The molecule has 2 N–H and O–H groups in total. The van der Waals surface area contributed by atoms with Crippen molar-refractivity contribution in [3.05, 3.63) is 35.9 Å². The van der Waals surface area contributed by atoms with Gasteiger partial charge in [0.25, 0.3) is 0 Å². The van der Waals surface area contributed by atoms with E-state index in [1.807, 2.05) is 36.6 Å². The average Bonchev–Trinajstić information content (AvgIpc) is 2.53. The first-order valence-corrected chi connectivity index (χ1v) is 9.89. The van der Waals surface area contributed by atoms with E-state index in [4.69, 9.17) is 0 Å². The van der Waals surface area contributed by atoms with Crippen LogP contribution in [0.4, 0.5) is 0 Å². The summed E-state index contributed by atoms with van der Waals surface area (Å²) in [6, 6.07) is 8.01. The fourth-order valence-electron chi connectivity index (χ4n) is 2.37. The van der Waals surface area contributed by atoms with Gasteiger partial charge < -0.3 is 10.2 Å². The second-order valence-corrected chi connectivity index (χ2v) is 6.83. The molecule has 0 heterocycles. The van der Waals surface area contributed by atoms with Crippen molar-refractivity contribution in [1.29, 1.82) is 0 Å². The van der Waals surface area contributed by atoms with Gasteiger partial charge in [-0.05, 0) is 43.1 Å². The highest BCUT2D eigenvalue weighted by Gasteiger charge is 2.34. The normalized spacial score (nSPS) is 13.7. The summed E-state index contributed by atoms with van der Waals surface area (Å²) in [5, 5.41) is 19.0. The topological polar surface area (TPSA) is 77.8 Å². The maximum atomic E-state index is 11.7. The third-order valence-electron chi connectivity index (χ3n) is 3.54. The average molecular weight is 357 g/mol. The summed E-state index contributed by atoms with van der Waals surface area (Å²) in [6.45, 7) is 0. The molecule has 0 fully saturated rings. The summed E-state index contributed by atoms with van der Waals surface area (Å²) < 4.78 is 1.52. The molecule has 128 valence electrons. The quantitative estimate of drug-likeness (QED) is 0.590. The molecule has 1 aromatic rings. The molecule has 1 rings (SSSR count). The zero-order chi connectivity index (χ0) is 17.2. The third kappa shape index (κ3) is 6.45. The summed E-state index contributed by atoms with van der Waals surface area (Å²) in [6.07, 6.45) is 5.04. The van der Waals surface area contributed by atoms with Gasteiger partial charge in [0.1, 0.15) is 12.1 Å². The Morgan fingerprint density at radius 3 is 2.09 bits per heavy atom. The van der Waals surface area contributed by atoms with Gasteiger partial charge in [0.2, 0.25) is 0 Å². The van der Waals surface area contributed by atoms with Crippen molar-refractivity contribution in [1.82, 2.24) is 4.31 Å². The number of aryl methyl sites for hydroxylation is 1. The van der Waals surface area contributed by atoms with E-state index in [0.29, 0.717) is 25.0 Å². The Labute approximate surface area is 145 Å². The lowest BCUT2D eigenvalue weighted by molar-refractivity contribution is -0.146. The van der Waals surface area contributed by atoms with Crippen LogP contribution in [0.2, 0.25) is 0 Å². The van der Waals surface area contributed by atoms with Crippen LogP contribution in [0, 0.1) is 0 Å². The summed E-state index contributed by atoms with van der Waals surface area (Å²) in [7, 11) is 0. The van der Waals surface area contributed by atoms with Crippen molar-refractivity contribution in [2.45, 2.75) is 31.3 Å². The number of carboxylic acid groups (broad SMARTS) is 2. The fourth-order valence-corrected chi connectivity index (χ4v) is 3.73. The van der Waals surface area contributed by atoms with Gasteiger partial charge in [-0.2, -0.15) is 11.8 Å². The van der Waals surface area contributed by atoms with E-state index in [2.05, 4.69) is 0 Å². The lowest BCUT2D eigenvalue weighted by Crippen LogP contribution is -2.47. The molecule has 0 saturated heterocycles. The molecule has 0 aliphatic carbocycles. The number of carbonyl (C=O) groups is 2. The van der Waals surface area contributed by atoms with Gasteiger partial charge in [-0.3, -0.25) is 9.59 Å². The van der Waals surface area contributed by atoms with Crippen LogP contribution in [-0.4, -0.2) is 56.8 Å². The highest BCUT2D eigenvalue weighted by Crippen LogP contribution is 2.23. The Balaban J connectivity index is 2.85. The highest BCUT2D eigenvalue weighted by molar-refractivity contribution is 7.98. The van der Waals surface area contributed by atoms with Crippen molar-refractivity contribution in [2.75, 3.05) is 18.3 Å². The van der Waals surface area contributed by atoms with E-state index < -0.39 is 24.0 Å². The smallest absolute Gasteiger partial charge is 0.321 e. The zero-order valence-electron chi connectivity index (χ0n) is 13.3. The van der Waals surface area contributed by atoms with Crippen LogP contribution in [-0.2, 0) is 16.0 Å². The summed E-state index contributed by atoms with van der Waals surface area (Å²) in [4.78, 5) is 23.2. The maximum absolute atomic E-state index is 11.7. The van der Waals surface area contributed by atoms with E-state index in [0.717, 1.165) is 5.56 Å². The van der Waals surface area contributed by atoms with Crippen molar-refractivity contribution >= 4 is 35.6 Å². The van der Waals surface area contributed by atoms with Gasteiger partial charge in [0.05, 0.1) is 0 Å². The van der Waals surface area contributed by atoms with E-state index in [-0.39, 0.29) is 0 Å². The molecule has 23 heavy (non-hydrogen) atoms.